The van der Waals surface area contributed by atoms with Crippen LogP contribution < -0.4 is 5.56 Å². The lowest BCUT2D eigenvalue weighted by molar-refractivity contribution is 0.510. The standard InChI is InChI=1S/C15H9Cl2F2N3O/c1-6-7(2)20-11-5-10(17)21-14(22(11)15(6)23)8-3-4-9(16)13(19)12(8)18/h3-5H,1-2H3. The molecular formula is C15H9Cl2F2N3O. The molecule has 118 valence electrons. The van der Waals surface area contributed by atoms with Crippen LogP contribution in [0.15, 0.2) is 23.0 Å². The lowest BCUT2D eigenvalue weighted by atomic mass is 10.1. The quantitative estimate of drug-likeness (QED) is 0.490. The van der Waals surface area contributed by atoms with Gasteiger partial charge in [0.2, 0.25) is 0 Å². The molecule has 0 atom stereocenters. The predicted molar refractivity (Wildman–Crippen MR) is 84.1 cm³/mol. The summed E-state index contributed by atoms with van der Waals surface area (Å²) in [5, 5.41) is -0.361. The van der Waals surface area contributed by atoms with Crippen LogP contribution in [0.1, 0.15) is 11.3 Å². The fourth-order valence-corrected chi connectivity index (χ4v) is 2.53. The van der Waals surface area contributed by atoms with Crippen LogP contribution in [0.4, 0.5) is 8.78 Å². The normalized spacial score (nSPS) is 11.2. The second kappa shape index (κ2) is 5.54. The van der Waals surface area contributed by atoms with Gasteiger partial charge in [-0.15, -0.1) is 0 Å². The van der Waals surface area contributed by atoms with Crippen molar-refractivity contribution in [2.24, 2.45) is 0 Å². The third-order valence-corrected chi connectivity index (χ3v) is 4.01. The molecule has 0 N–H and O–H groups in total. The SMILES string of the molecule is Cc1nc2cc(Cl)nc(-c3ccc(Cl)c(F)c3F)n2c(=O)c1C. The van der Waals surface area contributed by atoms with Crippen molar-refractivity contribution in [1.82, 2.24) is 14.4 Å². The molecule has 0 aliphatic carbocycles. The Bertz CT molecular complexity index is 1020. The van der Waals surface area contributed by atoms with E-state index in [1.807, 2.05) is 0 Å². The summed E-state index contributed by atoms with van der Waals surface area (Å²) in [7, 11) is 0. The average molecular weight is 356 g/mol. The second-order valence-electron chi connectivity index (χ2n) is 4.95. The fraction of sp³-hybridized carbons (Fsp3) is 0.133. The van der Waals surface area contributed by atoms with Crippen LogP contribution in [0.3, 0.4) is 0 Å². The first kappa shape index (κ1) is 15.8. The number of hydrogen-bond acceptors (Lipinski definition) is 3. The molecule has 0 saturated heterocycles. The summed E-state index contributed by atoms with van der Waals surface area (Å²) in [6.45, 7) is 3.27. The van der Waals surface area contributed by atoms with Crippen LogP contribution in [-0.4, -0.2) is 14.4 Å². The van der Waals surface area contributed by atoms with E-state index in [9.17, 15) is 13.6 Å². The Balaban J connectivity index is 2.50. The minimum Gasteiger partial charge on any atom is -0.269 e. The summed E-state index contributed by atoms with van der Waals surface area (Å²) < 4.78 is 29.1. The van der Waals surface area contributed by atoms with Gasteiger partial charge in [-0.05, 0) is 26.0 Å². The number of aryl methyl sites for hydroxylation is 1. The van der Waals surface area contributed by atoms with Gasteiger partial charge in [0.05, 0.1) is 10.6 Å². The summed E-state index contributed by atoms with van der Waals surface area (Å²) in [6.07, 6.45) is 0. The van der Waals surface area contributed by atoms with Gasteiger partial charge in [0.15, 0.2) is 17.5 Å². The van der Waals surface area contributed by atoms with Gasteiger partial charge in [0, 0.05) is 17.3 Å². The molecule has 0 bridgehead atoms. The number of hydrogen-bond donors (Lipinski definition) is 0. The Morgan fingerprint density at radius 1 is 1.09 bits per heavy atom. The first-order valence-corrected chi connectivity index (χ1v) is 7.27. The summed E-state index contributed by atoms with van der Waals surface area (Å²) in [5.41, 5.74) is 0.435. The Kier molecular flexibility index (Phi) is 3.82. The largest absolute Gasteiger partial charge is 0.269 e. The van der Waals surface area contributed by atoms with Gasteiger partial charge in [0.25, 0.3) is 5.56 Å². The van der Waals surface area contributed by atoms with Gasteiger partial charge in [-0.1, -0.05) is 23.2 Å². The lowest BCUT2D eigenvalue weighted by Crippen LogP contribution is -2.22. The van der Waals surface area contributed by atoms with Crippen molar-refractivity contribution >= 4 is 28.8 Å². The highest BCUT2D eigenvalue weighted by molar-refractivity contribution is 6.31. The van der Waals surface area contributed by atoms with Gasteiger partial charge in [-0.25, -0.2) is 23.1 Å². The van der Waals surface area contributed by atoms with Crippen LogP contribution in [0, 0.1) is 25.5 Å². The zero-order chi connectivity index (χ0) is 16.9. The maximum atomic E-state index is 14.2. The van der Waals surface area contributed by atoms with Crippen molar-refractivity contribution in [1.29, 1.82) is 0 Å². The number of nitrogens with zero attached hydrogens (tertiary/aromatic N) is 3. The van der Waals surface area contributed by atoms with Gasteiger partial charge in [-0.2, -0.15) is 0 Å². The summed E-state index contributed by atoms with van der Waals surface area (Å²) in [5.74, 6) is -2.57. The summed E-state index contributed by atoms with van der Waals surface area (Å²) >= 11 is 11.5. The van der Waals surface area contributed by atoms with Crippen LogP contribution in [0.5, 0.6) is 0 Å². The molecule has 3 rings (SSSR count). The highest BCUT2D eigenvalue weighted by Gasteiger charge is 2.19. The zero-order valence-electron chi connectivity index (χ0n) is 12.0. The van der Waals surface area contributed by atoms with Crippen molar-refractivity contribution in [3.63, 3.8) is 0 Å². The predicted octanol–water partition coefficient (Wildman–Crippen LogP) is 3.96. The average Bonchev–Trinajstić information content (AvgIpc) is 2.49. The first-order valence-electron chi connectivity index (χ1n) is 6.51. The topological polar surface area (TPSA) is 47.3 Å². The molecule has 2 heterocycles. The molecule has 4 nitrogen and oxygen atoms in total. The molecule has 3 aromatic rings. The number of fused-ring (bicyclic) bond motifs is 1. The number of aromatic nitrogens is 3. The van der Waals surface area contributed by atoms with E-state index in [2.05, 4.69) is 9.97 Å². The molecule has 2 aromatic heterocycles. The lowest BCUT2D eigenvalue weighted by Gasteiger charge is -2.11. The van der Waals surface area contributed by atoms with Crippen LogP contribution >= 0.6 is 23.2 Å². The minimum atomic E-state index is -1.22. The number of rotatable bonds is 1. The highest BCUT2D eigenvalue weighted by Crippen LogP contribution is 2.28. The summed E-state index contributed by atoms with van der Waals surface area (Å²) in [4.78, 5) is 20.7. The molecule has 1 aromatic carbocycles. The molecule has 0 saturated carbocycles. The molecular weight excluding hydrogens is 347 g/mol. The van der Waals surface area contributed by atoms with E-state index >= 15 is 0 Å². The monoisotopic (exact) mass is 355 g/mol. The van der Waals surface area contributed by atoms with Crippen molar-refractivity contribution in [2.45, 2.75) is 13.8 Å². The Labute approximate surface area is 139 Å². The van der Waals surface area contributed by atoms with E-state index in [1.165, 1.54) is 18.2 Å². The number of halogens is 4. The van der Waals surface area contributed by atoms with Gasteiger partial charge < -0.3 is 0 Å². The molecule has 0 radical (unpaired) electrons. The number of benzene rings is 1. The second-order valence-corrected chi connectivity index (χ2v) is 5.74. The van der Waals surface area contributed by atoms with Gasteiger partial charge >= 0.3 is 0 Å². The van der Waals surface area contributed by atoms with E-state index in [-0.39, 0.29) is 27.2 Å². The molecule has 0 aliphatic heterocycles. The van der Waals surface area contributed by atoms with E-state index in [0.717, 1.165) is 4.40 Å². The van der Waals surface area contributed by atoms with Crippen molar-refractivity contribution < 1.29 is 8.78 Å². The highest BCUT2D eigenvalue weighted by atomic mass is 35.5. The third kappa shape index (κ3) is 2.48. The molecule has 23 heavy (non-hydrogen) atoms. The molecule has 0 spiro atoms. The minimum absolute atomic E-state index is 0.00455. The fourth-order valence-electron chi connectivity index (χ4n) is 2.20. The van der Waals surface area contributed by atoms with E-state index < -0.39 is 17.2 Å². The Morgan fingerprint density at radius 3 is 2.48 bits per heavy atom. The van der Waals surface area contributed by atoms with Crippen molar-refractivity contribution in [3.8, 4) is 11.4 Å². The third-order valence-electron chi connectivity index (χ3n) is 3.53. The molecule has 0 amide bonds. The van der Waals surface area contributed by atoms with E-state index in [4.69, 9.17) is 23.2 Å². The van der Waals surface area contributed by atoms with Gasteiger partial charge in [0.1, 0.15) is 10.8 Å². The molecule has 8 heteroatoms. The maximum Gasteiger partial charge on any atom is 0.262 e. The molecule has 0 aliphatic rings. The first-order chi connectivity index (χ1) is 10.8. The van der Waals surface area contributed by atoms with Crippen molar-refractivity contribution in [2.75, 3.05) is 0 Å². The van der Waals surface area contributed by atoms with Crippen LogP contribution in [-0.2, 0) is 0 Å². The Hall–Kier alpha value is -2.05. The van der Waals surface area contributed by atoms with Crippen molar-refractivity contribution in [3.05, 3.63) is 61.6 Å². The van der Waals surface area contributed by atoms with E-state index in [0.29, 0.717) is 11.3 Å². The molecule has 0 fully saturated rings. The zero-order valence-corrected chi connectivity index (χ0v) is 13.5. The van der Waals surface area contributed by atoms with Gasteiger partial charge in [-0.3, -0.25) is 4.79 Å². The van der Waals surface area contributed by atoms with Crippen LogP contribution in [0.2, 0.25) is 10.2 Å². The Morgan fingerprint density at radius 2 is 1.78 bits per heavy atom. The summed E-state index contributed by atoms with van der Waals surface area (Å²) in [6, 6.07) is 3.80. The molecule has 0 unspecified atom stereocenters. The van der Waals surface area contributed by atoms with Crippen LogP contribution in [0.25, 0.3) is 17.0 Å². The smallest absolute Gasteiger partial charge is 0.262 e. The maximum absolute atomic E-state index is 14.2. The van der Waals surface area contributed by atoms with E-state index in [1.54, 1.807) is 13.8 Å².